The van der Waals surface area contributed by atoms with Gasteiger partial charge in [-0.1, -0.05) is 0 Å². The van der Waals surface area contributed by atoms with E-state index in [4.69, 9.17) is 9.47 Å². The van der Waals surface area contributed by atoms with Crippen LogP contribution < -0.4 is 9.47 Å². The van der Waals surface area contributed by atoms with Crippen LogP contribution in [0.25, 0.3) is 0 Å². The second kappa shape index (κ2) is 10.2. The molecule has 0 aliphatic rings. The zero-order valence-electron chi connectivity index (χ0n) is 15.9. The Balaban J connectivity index is 1.92. The number of ether oxygens (including phenoxy) is 2. The number of aldehydes is 4. The van der Waals surface area contributed by atoms with Gasteiger partial charge in [-0.05, 0) is 62.1 Å². The van der Waals surface area contributed by atoms with Crippen LogP contribution >= 0.6 is 0 Å². The fourth-order valence-corrected chi connectivity index (χ4v) is 2.90. The number of carbonyl (C=O) groups excluding carboxylic acids is 4. The van der Waals surface area contributed by atoms with Crippen LogP contribution in [0.4, 0.5) is 0 Å². The predicted molar refractivity (Wildman–Crippen MR) is 104 cm³/mol. The van der Waals surface area contributed by atoms with Gasteiger partial charge in [-0.25, -0.2) is 0 Å². The van der Waals surface area contributed by atoms with Crippen molar-refractivity contribution in [2.45, 2.75) is 26.7 Å². The Kier molecular flexibility index (Phi) is 7.63. The topological polar surface area (TPSA) is 86.7 Å². The number of aryl methyl sites for hydroxylation is 2. The highest BCUT2D eigenvalue weighted by Gasteiger charge is 2.12. The number of hydrogen-bond acceptors (Lipinski definition) is 6. The third-order valence-electron chi connectivity index (χ3n) is 4.12. The van der Waals surface area contributed by atoms with Crippen LogP contribution in [0.1, 0.15) is 65.4 Å². The summed E-state index contributed by atoms with van der Waals surface area (Å²) in [5.41, 5.74) is 2.96. The van der Waals surface area contributed by atoms with Gasteiger partial charge in [0, 0.05) is 0 Å². The molecular formula is C22H22O6. The van der Waals surface area contributed by atoms with E-state index in [0.29, 0.717) is 73.5 Å². The molecule has 0 aromatic heterocycles. The summed E-state index contributed by atoms with van der Waals surface area (Å²) in [4.78, 5) is 44.8. The molecule has 146 valence electrons. The molecular weight excluding hydrogens is 360 g/mol. The van der Waals surface area contributed by atoms with Crippen LogP contribution in [-0.2, 0) is 0 Å². The molecule has 6 nitrogen and oxygen atoms in total. The molecule has 0 aliphatic heterocycles. The number of carbonyl (C=O) groups is 4. The molecule has 0 fully saturated rings. The molecule has 0 saturated heterocycles. The third-order valence-corrected chi connectivity index (χ3v) is 4.12. The van der Waals surface area contributed by atoms with Crippen LogP contribution in [0.3, 0.4) is 0 Å². The second-order valence-electron chi connectivity index (χ2n) is 6.42. The van der Waals surface area contributed by atoms with Gasteiger partial charge in [0.05, 0.1) is 35.5 Å². The number of hydrogen-bond donors (Lipinski definition) is 0. The molecule has 2 rings (SSSR count). The molecule has 0 radical (unpaired) electrons. The molecule has 0 N–H and O–H groups in total. The van der Waals surface area contributed by atoms with E-state index in [9.17, 15) is 19.2 Å². The highest BCUT2D eigenvalue weighted by Crippen LogP contribution is 2.25. The minimum Gasteiger partial charge on any atom is -0.492 e. The van der Waals surface area contributed by atoms with Crippen molar-refractivity contribution in [3.8, 4) is 11.5 Å². The summed E-state index contributed by atoms with van der Waals surface area (Å²) in [5.74, 6) is 0.558. The molecule has 0 heterocycles. The normalized spacial score (nSPS) is 10.2. The Labute approximate surface area is 163 Å². The summed E-state index contributed by atoms with van der Waals surface area (Å²) in [6.07, 6.45) is 3.86. The summed E-state index contributed by atoms with van der Waals surface area (Å²) in [6, 6.07) is 6.66. The van der Waals surface area contributed by atoms with E-state index in [1.807, 2.05) is 0 Å². The third kappa shape index (κ3) is 5.13. The molecule has 0 bridgehead atoms. The van der Waals surface area contributed by atoms with Crippen LogP contribution in [0.2, 0.25) is 0 Å². The number of unbranched alkanes of at least 4 members (excludes halogenated alkanes) is 1. The van der Waals surface area contributed by atoms with E-state index in [2.05, 4.69) is 0 Å². The Morgan fingerprint density at radius 2 is 0.893 bits per heavy atom. The van der Waals surface area contributed by atoms with Gasteiger partial charge in [0.1, 0.15) is 11.5 Å². The first kappa shape index (κ1) is 21.0. The molecule has 28 heavy (non-hydrogen) atoms. The first-order valence-corrected chi connectivity index (χ1v) is 8.89. The Bertz CT molecular complexity index is 753. The smallest absolute Gasteiger partial charge is 0.153 e. The Hall–Kier alpha value is -3.28. The monoisotopic (exact) mass is 382 g/mol. The molecule has 2 aromatic carbocycles. The van der Waals surface area contributed by atoms with E-state index in [1.165, 1.54) is 0 Å². The standard InChI is InChI=1S/C22H22O6/c1-15-7-17(11-23)21(18(8-15)12-24)27-5-3-4-6-28-22-19(13-25)9-16(2)10-20(22)14-26/h7-14H,3-6H2,1-2H3. The van der Waals surface area contributed by atoms with Crippen molar-refractivity contribution in [3.63, 3.8) is 0 Å². The highest BCUT2D eigenvalue weighted by atomic mass is 16.5. The van der Waals surface area contributed by atoms with Gasteiger partial charge in [-0.15, -0.1) is 0 Å². The van der Waals surface area contributed by atoms with Crippen molar-refractivity contribution < 1.29 is 28.7 Å². The summed E-state index contributed by atoms with van der Waals surface area (Å²) in [6.45, 7) is 4.19. The van der Waals surface area contributed by atoms with Gasteiger partial charge in [0.2, 0.25) is 0 Å². The average molecular weight is 382 g/mol. The lowest BCUT2D eigenvalue weighted by Crippen LogP contribution is -2.07. The van der Waals surface area contributed by atoms with Gasteiger partial charge in [-0.2, -0.15) is 0 Å². The summed E-state index contributed by atoms with van der Waals surface area (Å²) < 4.78 is 11.3. The van der Waals surface area contributed by atoms with E-state index < -0.39 is 0 Å². The lowest BCUT2D eigenvalue weighted by atomic mass is 10.1. The van der Waals surface area contributed by atoms with Gasteiger partial charge in [-0.3, -0.25) is 19.2 Å². The minimum atomic E-state index is 0.279. The fourth-order valence-electron chi connectivity index (χ4n) is 2.90. The van der Waals surface area contributed by atoms with Gasteiger partial charge < -0.3 is 9.47 Å². The highest BCUT2D eigenvalue weighted by molar-refractivity contribution is 5.89. The van der Waals surface area contributed by atoms with Crippen LogP contribution in [0, 0.1) is 13.8 Å². The molecule has 6 heteroatoms. The zero-order valence-corrected chi connectivity index (χ0v) is 15.9. The van der Waals surface area contributed by atoms with Crippen LogP contribution in [-0.4, -0.2) is 38.4 Å². The van der Waals surface area contributed by atoms with Crippen molar-refractivity contribution in [1.29, 1.82) is 0 Å². The number of benzene rings is 2. The lowest BCUT2D eigenvalue weighted by Gasteiger charge is -2.13. The van der Waals surface area contributed by atoms with Crippen LogP contribution in [0.5, 0.6) is 11.5 Å². The number of rotatable bonds is 11. The SMILES string of the molecule is Cc1cc(C=O)c(OCCCCOc2c(C=O)cc(C)cc2C=O)c(C=O)c1. The maximum atomic E-state index is 11.2. The lowest BCUT2D eigenvalue weighted by molar-refractivity contribution is 0.110. The minimum absolute atomic E-state index is 0.279. The van der Waals surface area contributed by atoms with Crippen LogP contribution in [0.15, 0.2) is 24.3 Å². The first-order valence-electron chi connectivity index (χ1n) is 8.89. The molecule has 0 amide bonds. The van der Waals surface area contributed by atoms with Gasteiger partial charge in [0.15, 0.2) is 25.1 Å². The maximum Gasteiger partial charge on any atom is 0.153 e. The summed E-state index contributed by atoms with van der Waals surface area (Å²) in [7, 11) is 0. The molecule has 0 saturated carbocycles. The fraction of sp³-hybridized carbons (Fsp3) is 0.273. The van der Waals surface area contributed by atoms with E-state index in [1.54, 1.807) is 38.1 Å². The summed E-state index contributed by atoms with van der Waals surface area (Å²) in [5, 5.41) is 0. The van der Waals surface area contributed by atoms with E-state index in [-0.39, 0.29) is 11.5 Å². The quantitative estimate of drug-likeness (QED) is 0.434. The maximum absolute atomic E-state index is 11.2. The second-order valence-corrected chi connectivity index (χ2v) is 6.42. The average Bonchev–Trinajstić information content (AvgIpc) is 2.70. The zero-order chi connectivity index (χ0) is 20.5. The molecule has 0 atom stereocenters. The molecule has 0 spiro atoms. The van der Waals surface area contributed by atoms with Gasteiger partial charge >= 0.3 is 0 Å². The molecule has 0 unspecified atom stereocenters. The molecule has 2 aromatic rings. The predicted octanol–water partition coefficient (Wildman–Crippen LogP) is 3.79. The Morgan fingerprint density at radius 1 is 0.607 bits per heavy atom. The van der Waals surface area contributed by atoms with Crippen molar-refractivity contribution in [2.75, 3.05) is 13.2 Å². The van der Waals surface area contributed by atoms with Crippen molar-refractivity contribution >= 4 is 25.1 Å². The van der Waals surface area contributed by atoms with Crippen molar-refractivity contribution in [2.24, 2.45) is 0 Å². The van der Waals surface area contributed by atoms with Crippen molar-refractivity contribution in [1.82, 2.24) is 0 Å². The largest absolute Gasteiger partial charge is 0.492 e. The Morgan fingerprint density at radius 3 is 1.14 bits per heavy atom. The first-order chi connectivity index (χ1) is 13.5. The van der Waals surface area contributed by atoms with Crippen molar-refractivity contribution in [3.05, 3.63) is 57.6 Å². The molecule has 0 aliphatic carbocycles. The summed E-state index contributed by atoms with van der Waals surface area (Å²) >= 11 is 0. The van der Waals surface area contributed by atoms with E-state index >= 15 is 0 Å². The van der Waals surface area contributed by atoms with Gasteiger partial charge in [0.25, 0.3) is 0 Å². The van der Waals surface area contributed by atoms with E-state index in [0.717, 1.165) is 11.1 Å².